The number of nitrogens with zero attached hydrogens (tertiary/aromatic N) is 2. The normalized spacial score (nSPS) is 14.4. The fourth-order valence-corrected chi connectivity index (χ4v) is 4.35. The molecule has 0 unspecified atom stereocenters. The monoisotopic (exact) mass is 480 g/mol. The lowest BCUT2D eigenvalue weighted by atomic mass is 9.82. The number of benzene rings is 3. The van der Waals surface area contributed by atoms with Gasteiger partial charge in [0.05, 0.1) is 31.4 Å². The van der Waals surface area contributed by atoms with Crippen molar-refractivity contribution in [3.05, 3.63) is 101 Å². The van der Waals surface area contributed by atoms with Crippen LogP contribution in [0.5, 0.6) is 23.1 Å². The average Bonchev–Trinajstić information content (AvgIpc) is 3.34. The van der Waals surface area contributed by atoms with Crippen LogP contribution in [0.3, 0.4) is 0 Å². The summed E-state index contributed by atoms with van der Waals surface area (Å²) in [4.78, 5) is 0. The summed E-state index contributed by atoms with van der Waals surface area (Å²) in [6, 6.07) is 25.1. The summed E-state index contributed by atoms with van der Waals surface area (Å²) in [5.41, 5.74) is 10.5. The topological polar surface area (TPSA) is 115 Å². The maximum atomic E-state index is 10.0. The molecule has 4 aromatic rings. The van der Waals surface area contributed by atoms with Crippen LogP contribution >= 0.6 is 0 Å². The van der Waals surface area contributed by atoms with Crippen LogP contribution < -0.4 is 24.7 Å². The number of nitriles is 1. The Morgan fingerprint density at radius 1 is 1.00 bits per heavy atom. The van der Waals surface area contributed by atoms with Crippen molar-refractivity contribution in [2.75, 3.05) is 14.2 Å². The molecule has 8 heteroatoms. The molecule has 0 fully saturated rings. The van der Waals surface area contributed by atoms with Gasteiger partial charge in [-0.2, -0.15) is 5.26 Å². The van der Waals surface area contributed by atoms with Crippen molar-refractivity contribution in [2.24, 2.45) is 5.73 Å². The lowest BCUT2D eigenvalue weighted by Crippen LogP contribution is -2.21. The van der Waals surface area contributed by atoms with Crippen LogP contribution in [-0.2, 0) is 6.61 Å². The number of aromatic nitrogens is 2. The molecule has 0 bridgehead atoms. The molecule has 3 N–H and O–H groups in total. The van der Waals surface area contributed by atoms with Gasteiger partial charge in [0.1, 0.15) is 35.5 Å². The molecule has 1 aliphatic heterocycles. The van der Waals surface area contributed by atoms with Gasteiger partial charge >= 0.3 is 0 Å². The minimum atomic E-state index is -0.491. The predicted octanol–water partition coefficient (Wildman–Crippen LogP) is 4.89. The van der Waals surface area contributed by atoms with Crippen molar-refractivity contribution in [1.82, 2.24) is 10.2 Å². The van der Waals surface area contributed by atoms with Crippen LogP contribution in [-0.4, -0.2) is 24.4 Å². The SMILES string of the molecule is COc1cccc(OCc2cc([C@H]3C(C#N)=C(N)Oc4n[nH]c(-c5ccccc5)c43)ccc2OC)c1. The van der Waals surface area contributed by atoms with Gasteiger partial charge in [0.25, 0.3) is 0 Å². The van der Waals surface area contributed by atoms with E-state index in [0.29, 0.717) is 28.7 Å². The van der Waals surface area contributed by atoms with Crippen LogP contribution in [0.4, 0.5) is 0 Å². The average molecular weight is 481 g/mol. The van der Waals surface area contributed by atoms with Crippen LogP contribution in [0.1, 0.15) is 22.6 Å². The van der Waals surface area contributed by atoms with Crippen LogP contribution in [0.15, 0.2) is 84.3 Å². The van der Waals surface area contributed by atoms with Gasteiger partial charge < -0.3 is 24.7 Å². The van der Waals surface area contributed by atoms with E-state index in [1.807, 2.05) is 72.8 Å². The summed E-state index contributed by atoms with van der Waals surface area (Å²) in [6.07, 6.45) is 0. The molecule has 0 amide bonds. The van der Waals surface area contributed by atoms with Crippen LogP contribution in [0.2, 0.25) is 0 Å². The Bertz CT molecular complexity index is 1470. The smallest absolute Gasteiger partial charge is 0.244 e. The summed E-state index contributed by atoms with van der Waals surface area (Å²) in [5, 5.41) is 17.4. The molecule has 1 aliphatic rings. The Kier molecular flexibility index (Phi) is 6.20. The number of H-pyrrole nitrogens is 1. The van der Waals surface area contributed by atoms with Crippen molar-refractivity contribution in [2.45, 2.75) is 12.5 Å². The van der Waals surface area contributed by atoms with Gasteiger partial charge in [0.2, 0.25) is 11.8 Å². The number of ether oxygens (including phenoxy) is 4. The Hall–Kier alpha value is -4.90. The third-order valence-electron chi connectivity index (χ3n) is 6.07. The number of methoxy groups -OCH3 is 2. The summed E-state index contributed by atoms with van der Waals surface area (Å²) < 4.78 is 22.6. The fourth-order valence-electron chi connectivity index (χ4n) is 4.35. The Balaban J connectivity index is 1.57. The minimum Gasteiger partial charge on any atom is -0.497 e. The number of rotatable bonds is 7. The maximum Gasteiger partial charge on any atom is 0.244 e. The maximum absolute atomic E-state index is 10.0. The molecule has 0 saturated heterocycles. The van der Waals surface area contributed by atoms with Crippen LogP contribution in [0.25, 0.3) is 11.3 Å². The molecule has 3 aromatic carbocycles. The molecule has 1 atom stereocenters. The quantitative estimate of drug-likeness (QED) is 0.387. The molecule has 5 rings (SSSR count). The second-order valence-electron chi connectivity index (χ2n) is 8.15. The first-order valence-electron chi connectivity index (χ1n) is 11.3. The van der Waals surface area contributed by atoms with Gasteiger partial charge in [-0.05, 0) is 35.4 Å². The summed E-state index contributed by atoms with van der Waals surface area (Å²) in [7, 11) is 3.22. The lowest BCUT2D eigenvalue weighted by molar-refractivity contribution is 0.294. The molecule has 0 saturated carbocycles. The zero-order valence-electron chi connectivity index (χ0n) is 19.8. The zero-order valence-corrected chi connectivity index (χ0v) is 19.8. The largest absolute Gasteiger partial charge is 0.497 e. The van der Waals surface area contributed by atoms with E-state index in [1.165, 1.54) is 0 Å². The predicted molar refractivity (Wildman–Crippen MR) is 134 cm³/mol. The molecule has 8 nitrogen and oxygen atoms in total. The van der Waals surface area contributed by atoms with Crippen molar-refractivity contribution < 1.29 is 18.9 Å². The number of fused-ring (bicyclic) bond motifs is 1. The minimum absolute atomic E-state index is 0.0334. The highest BCUT2D eigenvalue weighted by Crippen LogP contribution is 2.46. The highest BCUT2D eigenvalue weighted by atomic mass is 16.5. The van der Waals surface area contributed by atoms with Crippen molar-refractivity contribution in [3.63, 3.8) is 0 Å². The molecular formula is C28H24N4O4. The van der Waals surface area contributed by atoms with Gasteiger partial charge in [-0.25, -0.2) is 0 Å². The molecule has 1 aromatic heterocycles. The first-order valence-corrected chi connectivity index (χ1v) is 11.3. The number of aromatic amines is 1. The number of nitrogens with one attached hydrogen (secondary N) is 1. The molecule has 0 spiro atoms. The molecule has 0 aliphatic carbocycles. The van der Waals surface area contributed by atoms with E-state index in [1.54, 1.807) is 14.2 Å². The molecule has 2 heterocycles. The van der Waals surface area contributed by atoms with Gasteiger partial charge in [-0.15, -0.1) is 5.10 Å². The number of allylic oxidation sites excluding steroid dienone is 1. The van der Waals surface area contributed by atoms with Crippen molar-refractivity contribution >= 4 is 0 Å². The van der Waals surface area contributed by atoms with E-state index >= 15 is 0 Å². The second-order valence-corrected chi connectivity index (χ2v) is 8.15. The number of hydrogen-bond acceptors (Lipinski definition) is 7. The van der Waals surface area contributed by atoms with Crippen molar-refractivity contribution in [1.29, 1.82) is 5.26 Å². The van der Waals surface area contributed by atoms with E-state index in [-0.39, 0.29) is 12.5 Å². The Labute approximate surface area is 208 Å². The van der Waals surface area contributed by atoms with E-state index < -0.39 is 5.92 Å². The molecule has 0 radical (unpaired) electrons. The van der Waals surface area contributed by atoms with E-state index in [4.69, 9.17) is 24.7 Å². The third-order valence-corrected chi connectivity index (χ3v) is 6.07. The molecule has 180 valence electrons. The number of nitrogens with two attached hydrogens (primary N) is 1. The Morgan fingerprint density at radius 2 is 1.81 bits per heavy atom. The molecular weight excluding hydrogens is 456 g/mol. The van der Waals surface area contributed by atoms with Gasteiger partial charge in [-0.3, -0.25) is 5.10 Å². The van der Waals surface area contributed by atoms with E-state index in [9.17, 15) is 5.26 Å². The van der Waals surface area contributed by atoms with Gasteiger partial charge in [0.15, 0.2) is 0 Å². The molecule has 36 heavy (non-hydrogen) atoms. The lowest BCUT2D eigenvalue weighted by Gasteiger charge is -2.25. The standard InChI is InChI=1S/C28H24N4O4/c1-33-20-9-6-10-21(14-20)35-16-19-13-18(11-12-23(19)34-2)24-22(15-29)27(30)36-28-25(24)26(31-32-28)17-7-4-3-5-8-17/h3-14,24H,16,30H2,1-2H3,(H,31,32)/t24-/m0/s1. The van der Waals surface area contributed by atoms with E-state index in [2.05, 4.69) is 16.3 Å². The van der Waals surface area contributed by atoms with Gasteiger partial charge in [-0.1, -0.05) is 42.5 Å². The Morgan fingerprint density at radius 3 is 2.56 bits per heavy atom. The summed E-state index contributed by atoms with van der Waals surface area (Å²) in [6.45, 7) is 0.248. The second kappa shape index (κ2) is 9.76. The van der Waals surface area contributed by atoms with Gasteiger partial charge in [0, 0.05) is 11.6 Å². The summed E-state index contributed by atoms with van der Waals surface area (Å²) >= 11 is 0. The van der Waals surface area contributed by atoms with Crippen molar-refractivity contribution in [3.8, 4) is 40.5 Å². The fraction of sp³-hybridized carbons (Fsp3) is 0.143. The highest BCUT2D eigenvalue weighted by Gasteiger charge is 2.36. The van der Waals surface area contributed by atoms with Crippen LogP contribution in [0, 0.1) is 11.3 Å². The van der Waals surface area contributed by atoms with E-state index in [0.717, 1.165) is 27.9 Å². The summed E-state index contributed by atoms with van der Waals surface area (Å²) in [5.74, 6) is 1.93. The third kappa shape index (κ3) is 4.18. The first kappa shape index (κ1) is 22.9. The first-order chi connectivity index (χ1) is 17.6. The zero-order chi connectivity index (χ0) is 25.1. The highest BCUT2D eigenvalue weighted by molar-refractivity contribution is 5.71. The number of hydrogen-bond donors (Lipinski definition) is 2.